The number of nitrogens with zero attached hydrogens (tertiary/aromatic N) is 2. The lowest BCUT2D eigenvalue weighted by molar-refractivity contribution is -0.385. The smallest absolute Gasteiger partial charge is 0.322 e. The molecule has 0 aliphatic carbocycles. The maximum atomic E-state index is 10.6. The fourth-order valence-electron chi connectivity index (χ4n) is 1.04. The van der Waals surface area contributed by atoms with E-state index in [9.17, 15) is 14.9 Å². The minimum Gasteiger partial charge on any atom is -0.480 e. The summed E-state index contributed by atoms with van der Waals surface area (Å²) in [6.45, 7) is 1.25. The second-order valence-corrected chi connectivity index (χ2v) is 3.73. The number of hydrogen-bond acceptors (Lipinski definition) is 5. The summed E-state index contributed by atoms with van der Waals surface area (Å²) < 4.78 is 0.392. The van der Waals surface area contributed by atoms with Crippen molar-refractivity contribution in [3.05, 3.63) is 26.3 Å². The number of nitrogens with one attached hydrogen (secondary N) is 1. The van der Waals surface area contributed by atoms with Gasteiger partial charge in [-0.2, -0.15) is 0 Å². The van der Waals surface area contributed by atoms with Gasteiger partial charge in [0.15, 0.2) is 0 Å². The Hall–Kier alpha value is -1.70. The summed E-state index contributed by atoms with van der Waals surface area (Å²) in [7, 11) is 0. The van der Waals surface area contributed by atoms with Gasteiger partial charge in [0, 0.05) is 5.56 Å². The second-order valence-electron chi connectivity index (χ2n) is 2.94. The molecule has 0 bridgehead atoms. The highest BCUT2D eigenvalue weighted by atomic mass is 79.9. The third-order valence-electron chi connectivity index (χ3n) is 1.84. The fraction of sp³-hybridized carbons (Fsp3) is 0.250. The van der Waals surface area contributed by atoms with E-state index in [1.54, 1.807) is 6.92 Å². The Bertz CT molecular complexity index is 449. The third-order valence-corrected chi connectivity index (χ3v) is 2.81. The van der Waals surface area contributed by atoms with E-state index in [0.29, 0.717) is 10.0 Å². The minimum absolute atomic E-state index is 0.118. The summed E-state index contributed by atoms with van der Waals surface area (Å²) in [5.74, 6) is -0.768. The number of pyridine rings is 1. The largest absolute Gasteiger partial charge is 0.480 e. The predicted molar refractivity (Wildman–Crippen MR) is 59.5 cm³/mol. The molecule has 1 aromatic rings. The Labute approximate surface area is 98.8 Å². The van der Waals surface area contributed by atoms with E-state index in [1.165, 1.54) is 0 Å². The number of carboxylic acids is 1. The molecule has 8 heteroatoms. The van der Waals surface area contributed by atoms with Crippen LogP contribution in [0.15, 0.2) is 10.7 Å². The van der Waals surface area contributed by atoms with Crippen molar-refractivity contribution >= 4 is 33.4 Å². The number of carboxylic acid groups (broad SMARTS) is 1. The van der Waals surface area contributed by atoms with Crippen molar-refractivity contribution < 1.29 is 14.8 Å². The predicted octanol–water partition coefficient (Wildman–Crippen LogP) is 1.56. The molecule has 0 saturated heterocycles. The number of anilines is 1. The van der Waals surface area contributed by atoms with Crippen LogP contribution in [-0.2, 0) is 4.79 Å². The molecule has 0 radical (unpaired) electrons. The van der Waals surface area contributed by atoms with Gasteiger partial charge in [-0.25, -0.2) is 4.98 Å². The standard InChI is InChI=1S/C8H8BrN3O4/c1-4-5(12(15)16)2-10-8(7(4)9)11-3-6(13)14/h2H,3H2,1H3,(H,10,11)(H,13,14). The lowest BCUT2D eigenvalue weighted by atomic mass is 10.2. The maximum absolute atomic E-state index is 10.6. The average molecular weight is 290 g/mol. The van der Waals surface area contributed by atoms with E-state index in [2.05, 4.69) is 26.2 Å². The molecular weight excluding hydrogens is 282 g/mol. The Kier molecular flexibility index (Phi) is 3.78. The molecule has 2 N–H and O–H groups in total. The first-order valence-corrected chi connectivity index (χ1v) is 4.98. The summed E-state index contributed by atoms with van der Waals surface area (Å²) in [5.41, 5.74) is 0.278. The monoisotopic (exact) mass is 289 g/mol. The van der Waals surface area contributed by atoms with Gasteiger partial charge in [0.05, 0.1) is 9.40 Å². The highest BCUT2D eigenvalue weighted by Crippen LogP contribution is 2.30. The molecule has 1 aromatic heterocycles. The fourth-order valence-corrected chi connectivity index (χ4v) is 1.48. The first-order valence-electron chi connectivity index (χ1n) is 4.18. The van der Waals surface area contributed by atoms with Gasteiger partial charge in [0.1, 0.15) is 18.6 Å². The number of carbonyl (C=O) groups is 1. The van der Waals surface area contributed by atoms with Crippen LogP contribution in [0.1, 0.15) is 5.56 Å². The van der Waals surface area contributed by atoms with Crippen molar-refractivity contribution in [3.63, 3.8) is 0 Å². The topological polar surface area (TPSA) is 105 Å². The quantitative estimate of drug-likeness (QED) is 0.644. The van der Waals surface area contributed by atoms with E-state index < -0.39 is 10.9 Å². The van der Waals surface area contributed by atoms with Crippen LogP contribution in [0.2, 0.25) is 0 Å². The van der Waals surface area contributed by atoms with Gasteiger partial charge in [-0.05, 0) is 22.9 Å². The second kappa shape index (κ2) is 4.88. The van der Waals surface area contributed by atoms with Crippen LogP contribution in [0.25, 0.3) is 0 Å². The number of aliphatic carboxylic acids is 1. The molecule has 7 nitrogen and oxygen atoms in total. The van der Waals surface area contributed by atoms with Crippen LogP contribution in [0.4, 0.5) is 11.5 Å². The summed E-state index contributed by atoms with van der Waals surface area (Å²) in [4.78, 5) is 24.1. The SMILES string of the molecule is Cc1c([N+](=O)[O-])cnc(NCC(=O)O)c1Br. The van der Waals surface area contributed by atoms with E-state index >= 15 is 0 Å². The molecule has 0 aliphatic rings. The molecule has 1 rings (SSSR count). The zero-order valence-corrected chi connectivity index (χ0v) is 9.81. The minimum atomic E-state index is -1.04. The number of hydrogen-bond donors (Lipinski definition) is 2. The Morgan fingerprint density at radius 1 is 1.75 bits per heavy atom. The number of aromatic nitrogens is 1. The normalized spacial score (nSPS) is 9.88. The van der Waals surface area contributed by atoms with Crippen molar-refractivity contribution in [2.45, 2.75) is 6.92 Å². The Morgan fingerprint density at radius 2 is 2.38 bits per heavy atom. The third kappa shape index (κ3) is 2.66. The van der Waals surface area contributed by atoms with E-state index in [4.69, 9.17) is 5.11 Å². The van der Waals surface area contributed by atoms with Crippen molar-refractivity contribution in [1.29, 1.82) is 0 Å². The summed E-state index contributed by atoms with van der Waals surface area (Å²) in [6, 6.07) is 0. The first-order chi connectivity index (χ1) is 7.43. The van der Waals surface area contributed by atoms with Gasteiger partial charge in [-0.15, -0.1) is 0 Å². The summed E-state index contributed by atoms with van der Waals surface area (Å²) in [6.07, 6.45) is 1.09. The van der Waals surface area contributed by atoms with Crippen molar-refractivity contribution in [2.75, 3.05) is 11.9 Å². The van der Waals surface area contributed by atoms with Gasteiger partial charge < -0.3 is 10.4 Å². The molecule has 0 amide bonds. The lowest BCUT2D eigenvalue weighted by Gasteiger charge is -2.07. The van der Waals surface area contributed by atoms with Crippen LogP contribution in [-0.4, -0.2) is 27.5 Å². The zero-order chi connectivity index (χ0) is 12.3. The Morgan fingerprint density at radius 3 is 2.88 bits per heavy atom. The van der Waals surface area contributed by atoms with Crippen molar-refractivity contribution in [3.8, 4) is 0 Å². The molecule has 0 atom stereocenters. The van der Waals surface area contributed by atoms with Gasteiger partial charge in [-0.3, -0.25) is 14.9 Å². The Balaban J connectivity index is 3.02. The molecule has 0 aliphatic heterocycles. The highest BCUT2D eigenvalue weighted by molar-refractivity contribution is 9.10. The lowest BCUT2D eigenvalue weighted by Crippen LogP contribution is -2.14. The summed E-state index contributed by atoms with van der Waals surface area (Å²) in [5, 5.41) is 21.6. The van der Waals surface area contributed by atoms with Gasteiger partial charge >= 0.3 is 5.97 Å². The first kappa shape index (κ1) is 12.4. The number of rotatable bonds is 4. The average Bonchev–Trinajstić information content (AvgIpc) is 2.19. The maximum Gasteiger partial charge on any atom is 0.322 e. The van der Waals surface area contributed by atoms with Crippen molar-refractivity contribution in [2.24, 2.45) is 0 Å². The zero-order valence-electron chi connectivity index (χ0n) is 8.23. The van der Waals surface area contributed by atoms with Crippen LogP contribution in [0.5, 0.6) is 0 Å². The highest BCUT2D eigenvalue weighted by Gasteiger charge is 2.17. The van der Waals surface area contributed by atoms with E-state index in [1.807, 2.05) is 0 Å². The van der Waals surface area contributed by atoms with Crippen LogP contribution >= 0.6 is 15.9 Å². The molecule has 0 unspecified atom stereocenters. The molecule has 0 spiro atoms. The number of halogens is 1. The van der Waals surface area contributed by atoms with Crippen LogP contribution in [0.3, 0.4) is 0 Å². The molecule has 0 aromatic carbocycles. The molecule has 1 heterocycles. The van der Waals surface area contributed by atoms with Gasteiger partial charge in [-0.1, -0.05) is 0 Å². The molecule has 0 fully saturated rings. The molecule has 86 valence electrons. The molecule has 16 heavy (non-hydrogen) atoms. The van der Waals surface area contributed by atoms with Crippen LogP contribution < -0.4 is 5.32 Å². The van der Waals surface area contributed by atoms with E-state index in [0.717, 1.165) is 6.20 Å². The van der Waals surface area contributed by atoms with Crippen molar-refractivity contribution in [1.82, 2.24) is 4.98 Å². The number of nitro groups is 1. The molecular formula is C8H8BrN3O4. The summed E-state index contributed by atoms with van der Waals surface area (Å²) >= 11 is 3.13. The van der Waals surface area contributed by atoms with Crippen LogP contribution in [0, 0.1) is 17.0 Å². The molecule has 0 saturated carbocycles. The van der Waals surface area contributed by atoms with E-state index in [-0.39, 0.29) is 18.1 Å². The van der Waals surface area contributed by atoms with Gasteiger partial charge in [0.2, 0.25) is 0 Å². The van der Waals surface area contributed by atoms with Gasteiger partial charge in [0.25, 0.3) is 5.69 Å².